The van der Waals surface area contributed by atoms with Crippen molar-refractivity contribution in [3.8, 4) is 0 Å². The fourth-order valence-corrected chi connectivity index (χ4v) is 4.72. The average molecular weight is 661 g/mol. The maximum absolute atomic E-state index is 12.5. The summed E-state index contributed by atoms with van der Waals surface area (Å²) in [5, 5.41) is 9.55. The van der Waals surface area contributed by atoms with Crippen molar-refractivity contribution >= 4 is 17.9 Å². The predicted molar refractivity (Wildman–Crippen MR) is 192 cm³/mol. The van der Waals surface area contributed by atoms with Crippen LogP contribution in [0.25, 0.3) is 0 Å². The summed E-state index contributed by atoms with van der Waals surface area (Å²) in [6, 6.07) is -0.629. The maximum atomic E-state index is 12.5. The fraction of sp³-hybridized carbons (Fsp3) is 0.667. The summed E-state index contributed by atoms with van der Waals surface area (Å²) < 4.78 is 17.0. The van der Waals surface area contributed by atoms with Crippen molar-refractivity contribution in [1.29, 1.82) is 0 Å². The van der Waals surface area contributed by atoms with Crippen molar-refractivity contribution in [2.24, 2.45) is 0 Å². The van der Waals surface area contributed by atoms with Gasteiger partial charge in [-0.25, -0.2) is 4.79 Å². The molecule has 2 atom stereocenters. The van der Waals surface area contributed by atoms with Crippen molar-refractivity contribution in [2.75, 3.05) is 41.0 Å². The number of likely N-dealkylation sites (N-methyl/N-ethyl adjacent to an activating group) is 1. The van der Waals surface area contributed by atoms with Gasteiger partial charge in [0.2, 0.25) is 0 Å². The lowest BCUT2D eigenvalue weighted by atomic mass is 10.1. The van der Waals surface area contributed by atoms with Crippen LogP contribution in [-0.4, -0.2) is 80.6 Å². The molecule has 0 amide bonds. The number of carboxylic acids is 1. The molecule has 0 spiro atoms. The summed E-state index contributed by atoms with van der Waals surface area (Å²) in [6.07, 6.45) is 34.5. The van der Waals surface area contributed by atoms with E-state index in [4.69, 9.17) is 14.2 Å². The zero-order chi connectivity index (χ0) is 35.0. The molecular formula is C39H66NO7+. The molecule has 1 N–H and O–H groups in total. The quantitative estimate of drug-likeness (QED) is 0.0356. The van der Waals surface area contributed by atoms with E-state index >= 15 is 0 Å². The van der Waals surface area contributed by atoms with Gasteiger partial charge in [0.1, 0.15) is 6.61 Å². The van der Waals surface area contributed by atoms with Gasteiger partial charge in [-0.3, -0.25) is 9.59 Å². The Kier molecular flexibility index (Phi) is 28.4. The Balaban J connectivity index is 4.52. The topological polar surface area (TPSA) is 99.1 Å². The highest BCUT2D eigenvalue weighted by Gasteiger charge is 2.31. The first-order valence-electron chi connectivity index (χ1n) is 17.8. The van der Waals surface area contributed by atoms with E-state index in [1.54, 1.807) is 6.08 Å². The summed E-state index contributed by atoms with van der Waals surface area (Å²) in [5.74, 6) is -1.64. The molecular weight excluding hydrogens is 594 g/mol. The second-order valence-electron chi connectivity index (χ2n) is 12.7. The van der Waals surface area contributed by atoms with E-state index in [1.165, 1.54) is 25.7 Å². The second-order valence-corrected chi connectivity index (χ2v) is 12.7. The van der Waals surface area contributed by atoms with E-state index in [9.17, 15) is 19.5 Å². The molecule has 0 fully saturated rings. The Morgan fingerprint density at radius 1 is 0.660 bits per heavy atom. The van der Waals surface area contributed by atoms with Crippen LogP contribution in [0.3, 0.4) is 0 Å². The largest absolute Gasteiger partial charge is 0.477 e. The number of carbonyl (C=O) groups excluding carboxylic acids is 2. The van der Waals surface area contributed by atoms with Gasteiger partial charge in [-0.05, 0) is 51.4 Å². The standard InChI is InChI=1S/C39H65NO7/c1-6-8-10-12-14-16-17-18-19-20-22-23-25-27-29-37(41)46-34-35(33-45-32-31-36(39(43)44)40(3,4)5)47-38(42)30-28-26-24-21-15-13-11-9-7-2/h8-11,14-16,21,26,28,35-36H,6-7,12-13,17-20,22-25,27,29-34H2,1-5H3/p+1/b10-8+,11-9+,16-14+,21-15+,28-26+. The number of hydrogen-bond donors (Lipinski definition) is 1. The Morgan fingerprint density at radius 2 is 1.19 bits per heavy atom. The number of allylic oxidation sites excluding steroid dienone is 9. The molecule has 0 bridgehead atoms. The third-order valence-corrected chi connectivity index (χ3v) is 7.45. The van der Waals surface area contributed by atoms with Crippen LogP contribution in [0.4, 0.5) is 0 Å². The normalized spacial score (nSPS) is 13.8. The monoisotopic (exact) mass is 660 g/mol. The number of nitrogens with zero attached hydrogens (tertiary/aromatic N) is 1. The molecule has 0 rings (SSSR count). The van der Waals surface area contributed by atoms with Gasteiger partial charge >= 0.3 is 17.9 Å². The molecule has 2 unspecified atom stereocenters. The number of quaternary nitrogens is 1. The van der Waals surface area contributed by atoms with Gasteiger partial charge in [0, 0.05) is 12.8 Å². The number of aliphatic carboxylic acids is 1. The van der Waals surface area contributed by atoms with Crippen molar-refractivity contribution < 1.29 is 38.2 Å². The summed E-state index contributed by atoms with van der Waals surface area (Å²) in [5.41, 5.74) is 0. The molecule has 0 saturated carbocycles. The third-order valence-electron chi connectivity index (χ3n) is 7.45. The lowest BCUT2D eigenvalue weighted by Crippen LogP contribution is -2.50. The minimum atomic E-state index is -0.893. The van der Waals surface area contributed by atoms with Gasteiger partial charge in [-0.2, -0.15) is 0 Å². The van der Waals surface area contributed by atoms with Crippen LogP contribution in [0.2, 0.25) is 0 Å². The number of rotatable bonds is 30. The van der Waals surface area contributed by atoms with Gasteiger partial charge in [-0.1, -0.05) is 107 Å². The van der Waals surface area contributed by atoms with Crippen LogP contribution in [0.5, 0.6) is 0 Å². The summed E-state index contributed by atoms with van der Waals surface area (Å²) >= 11 is 0. The molecule has 0 aliphatic carbocycles. The first-order valence-corrected chi connectivity index (χ1v) is 17.8. The summed E-state index contributed by atoms with van der Waals surface area (Å²) in [4.78, 5) is 36.6. The molecule has 0 aromatic carbocycles. The molecule has 0 radical (unpaired) electrons. The second kappa shape index (κ2) is 30.4. The lowest BCUT2D eigenvalue weighted by Gasteiger charge is -2.31. The Morgan fingerprint density at radius 3 is 1.77 bits per heavy atom. The Labute approximate surface area is 286 Å². The van der Waals surface area contributed by atoms with Gasteiger partial charge in [-0.15, -0.1) is 0 Å². The van der Waals surface area contributed by atoms with Crippen molar-refractivity contribution in [1.82, 2.24) is 0 Å². The van der Waals surface area contributed by atoms with Crippen molar-refractivity contribution in [3.63, 3.8) is 0 Å². The van der Waals surface area contributed by atoms with Crippen LogP contribution in [0.15, 0.2) is 60.8 Å². The molecule has 8 heteroatoms. The minimum absolute atomic E-state index is 0.0198. The van der Waals surface area contributed by atoms with Crippen LogP contribution in [0.1, 0.15) is 117 Å². The molecule has 0 aliphatic rings. The van der Waals surface area contributed by atoms with Gasteiger partial charge < -0.3 is 23.8 Å². The number of esters is 2. The first kappa shape index (κ1) is 44.0. The number of carboxylic acid groups (broad SMARTS) is 1. The molecule has 8 nitrogen and oxygen atoms in total. The van der Waals surface area contributed by atoms with Crippen LogP contribution >= 0.6 is 0 Å². The van der Waals surface area contributed by atoms with Crippen molar-refractivity contribution in [3.05, 3.63) is 60.8 Å². The Hall–Kier alpha value is -2.97. The molecule has 0 saturated heterocycles. The predicted octanol–water partition coefficient (Wildman–Crippen LogP) is 8.68. The highest BCUT2D eigenvalue weighted by molar-refractivity contribution is 5.72. The third kappa shape index (κ3) is 28.9. The van der Waals surface area contributed by atoms with E-state index in [0.29, 0.717) is 12.8 Å². The average Bonchev–Trinajstić information content (AvgIpc) is 3.01. The Bertz CT molecular complexity index is 959. The van der Waals surface area contributed by atoms with E-state index in [0.717, 1.165) is 57.8 Å². The van der Waals surface area contributed by atoms with E-state index < -0.39 is 24.1 Å². The van der Waals surface area contributed by atoms with Crippen LogP contribution in [-0.2, 0) is 28.6 Å². The molecule has 0 aliphatic heterocycles. The van der Waals surface area contributed by atoms with Gasteiger partial charge in [0.05, 0.1) is 40.8 Å². The molecule has 0 heterocycles. The van der Waals surface area contributed by atoms with Gasteiger partial charge in [0.25, 0.3) is 0 Å². The van der Waals surface area contributed by atoms with E-state index in [2.05, 4.69) is 56.4 Å². The zero-order valence-corrected chi connectivity index (χ0v) is 30.2. The SMILES string of the molecule is CC/C=C/C/C=C/C/C=C/CC(=O)OC(COCCC(C(=O)O)[N+](C)(C)C)COC(=O)CCCCCCCCC/C=C/C/C=C/CC. The summed E-state index contributed by atoms with van der Waals surface area (Å²) in [6.45, 7) is 4.35. The van der Waals surface area contributed by atoms with E-state index in [-0.39, 0.29) is 36.7 Å². The number of unbranched alkanes of at least 4 members (excludes halogenated alkanes) is 7. The number of carbonyl (C=O) groups is 3. The minimum Gasteiger partial charge on any atom is -0.477 e. The summed E-state index contributed by atoms with van der Waals surface area (Å²) in [7, 11) is 5.47. The smallest absolute Gasteiger partial charge is 0.362 e. The zero-order valence-electron chi connectivity index (χ0n) is 30.2. The van der Waals surface area contributed by atoms with Gasteiger partial charge in [0.15, 0.2) is 12.1 Å². The first-order chi connectivity index (χ1) is 22.6. The van der Waals surface area contributed by atoms with Crippen molar-refractivity contribution in [2.45, 2.75) is 129 Å². The number of ether oxygens (including phenoxy) is 3. The highest BCUT2D eigenvalue weighted by atomic mass is 16.6. The lowest BCUT2D eigenvalue weighted by molar-refractivity contribution is -0.887. The molecule has 268 valence electrons. The van der Waals surface area contributed by atoms with E-state index in [1.807, 2.05) is 33.3 Å². The fourth-order valence-electron chi connectivity index (χ4n) is 4.72. The molecule has 47 heavy (non-hydrogen) atoms. The van der Waals surface area contributed by atoms with Crippen LogP contribution < -0.4 is 0 Å². The highest BCUT2D eigenvalue weighted by Crippen LogP contribution is 2.12. The van der Waals surface area contributed by atoms with Crippen LogP contribution in [0, 0.1) is 0 Å². The molecule has 0 aromatic rings. The number of hydrogen-bond acceptors (Lipinski definition) is 6. The maximum Gasteiger partial charge on any atom is 0.362 e. The molecule has 0 aromatic heterocycles.